The molecule has 1 fully saturated rings. The molecular formula is C13H15ClO2. The van der Waals surface area contributed by atoms with Crippen LogP contribution in [0.5, 0.6) is 0 Å². The van der Waals surface area contributed by atoms with Gasteiger partial charge in [-0.05, 0) is 29.5 Å². The van der Waals surface area contributed by atoms with Gasteiger partial charge in [-0.25, -0.2) is 0 Å². The first-order valence-corrected chi connectivity index (χ1v) is 5.73. The topological polar surface area (TPSA) is 37.3 Å². The quantitative estimate of drug-likeness (QED) is 0.857. The second-order valence-electron chi connectivity index (χ2n) is 5.09. The second kappa shape index (κ2) is 3.49. The van der Waals surface area contributed by atoms with Crippen molar-refractivity contribution in [1.29, 1.82) is 0 Å². The fourth-order valence-corrected chi connectivity index (χ4v) is 3.02. The number of hydrogen-bond acceptors (Lipinski definition) is 1. The highest BCUT2D eigenvalue weighted by molar-refractivity contribution is 6.31. The molecule has 0 spiro atoms. The first-order chi connectivity index (χ1) is 7.37. The zero-order valence-corrected chi connectivity index (χ0v) is 10.4. The van der Waals surface area contributed by atoms with Crippen LogP contribution in [0.2, 0.25) is 5.02 Å². The highest BCUT2D eigenvalue weighted by Gasteiger charge is 2.63. The fourth-order valence-electron chi connectivity index (χ4n) is 2.68. The minimum atomic E-state index is -0.727. The summed E-state index contributed by atoms with van der Waals surface area (Å²) in [4.78, 5) is 11.1. The third-order valence-electron chi connectivity index (χ3n) is 3.68. The van der Waals surface area contributed by atoms with Crippen LogP contribution in [0.25, 0.3) is 0 Å². The second-order valence-corrected chi connectivity index (χ2v) is 5.49. The van der Waals surface area contributed by atoms with E-state index in [2.05, 4.69) is 0 Å². The van der Waals surface area contributed by atoms with Crippen molar-refractivity contribution in [2.45, 2.75) is 26.7 Å². The van der Waals surface area contributed by atoms with Gasteiger partial charge in [-0.1, -0.05) is 37.6 Å². The molecule has 1 aromatic carbocycles. The van der Waals surface area contributed by atoms with E-state index in [1.807, 2.05) is 39.0 Å². The molecule has 0 saturated heterocycles. The number of carbonyl (C=O) groups is 1. The number of benzene rings is 1. The average Bonchev–Trinajstić information content (AvgIpc) is 2.69. The molecule has 2 atom stereocenters. The van der Waals surface area contributed by atoms with E-state index in [0.29, 0.717) is 5.02 Å². The lowest BCUT2D eigenvalue weighted by atomic mass is 9.99. The third kappa shape index (κ3) is 1.52. The molecular weight excluding hydrogens is 224 g/mol. The van der Waals surface area contributed by atoms with E-state index in [4.69, 9.17) is 16.7 Å². The Morgan fingerprint density at radius 2 is 2.06 bits per heavy atom. The molecule has 3 heteroatoms. The molecule has 86 valence electrons. The highest BCUT2D eigenvalue weighted by Crippen LogP contribution is 2.65. The molecule has 2 unspecified atom stereocenters. The molecule has 16 heavy (non-hydrogen) atoms. The Labute approximate surface area is 100 Å². The van der Waals surface area contributed by atoms with Gasteiger partial charge in [-0.2, -0.15) is 0 Å². The van der Waals surface area contributed by atoms with E-state index in [-0.39, 0.29) is 17.3 Å². The fraction of sp³-hybridized carbons (Fsp3) is 0.462. The standard InChI is InChI=1S/C13H15ClO2/c1-7-5-4-6-8(14)9(7)10-11(12(15)16)13(10,2)3/h4-6,10-11H,1-3H3,(H,15,16). The number of hydrogen-bond donors (Lipinski definition) is 1. The highest BCUT2D eigenvalue weighted by atomic mass is 35.5. The van der Waals surface area contributed by atoms with Crippen LogP contribution in [0.3, 0.4) is 0 Å². The largest absolute Gasteiger partial charge is 0.481 e. The van der Waals surface area contributed by atoms with E-state index >= 15 is 0 Å². The van der Waals surface area contributed by atoms with Crippen LogP contribution in [0.1, 0.15) is 30.9 Å². The average molecular weight is 239 g/mol. The summed E-state index contributed by atoms with van der Waals surface area (Å²) in [5.41, 5.74) is 1.89. The summed E-state index contributed by atoms with van der Waals surface area (Å²) in [6.45, 7) is 5.95. The predicted molar refractivity (Wildman–Crippen MR) is 63.8 cm³/mol. The lowest BCUT2D eigenvalue weighted by Crippen LogP contribution is -2.03. The van der Waals surface area contributed by atoms with Crippen LogP contribution in [-0.4, -0.2) is 11.1 Å². The predicted octanol–water partition coefficient (Wildman–Crippen LogP) is 3.47. The maximum absolute atomic E-state index is 11.1. The SMILES string of the molecule is Cc1cccc(Cl)c1C1C(C(=O)O)C1(C)C. The van der Waals surface area contributed by atoms with Gasteiger partial charge in [0.05, 0.1) is 5.92 Å². The van der Waals surface area contributed by atoms with Gasteiger partial charge in [0, 0.05) is 10.9 Å². The van der Waals surface area contributed by atoms with E-state index in [1.54, 1.807) is 0 Å². The molecule has 1 N–H and O–H groups in total. The third-order valence-corrected chi connectivity index (χ3v) is 4.00. The Bertz CT molecular complexity index is 431. The number of carboxylic acids is 1. The van der Waals surface area contributed by atoms with Crippen molar-refractivity contribution in [3.8, 4) is 0 Å². The molecule has 0 bridgehead atoms. The number of carboxylic acid groups (broad SMARTS) is 1. The maximum Gasteiger partial charge on any atom is 0.307 e. The van der Waals surface area contributed by atoms with Gasteiger partial charge in [0.2, 0.25) is 0 Å². The summed E-state index contributed by atoms with van der Waals surface area (Å²) in [6.07, 6.45) is 0. The Morgan fingerprint density at radius 3 is 2.50 bits per heavy atom. The molecule has 1 aliphatic rings. The van der Waals surface area contributed by atoms with Gasteiger partial charge >= 0.3 is 5.97 Å². The summed E-state index contributed by atoms with van der Waals surface area (Å²) in [6, 6.07) is 5.71. The van der Waals surface area contributed by atoms with E-state index in [9.17, 15) is 4.79 Å². The van der Waals surface area contributed by atoms with Crippen molar-refractivity contribution in [2.75, 3.05) is 0 Å². The molecule has 1 aromatic rings. The Hall–Kier alpha value is -1.02. The van der Waals surface area contributed by atoms with Gasteiger partial charge < -0.3 is 5.11 Å². The Kier molecular flexibility index (Phi) is 2.50. The molecule has 2 nitrogen and oxygen atoms in total. The van der Waals surface area contributed by atoms with Crippen molar-refractivity contribution < 1.29 is 9.90 Å². The van der Waals surface area contributed by atoms with Gasteiger partial charge in [-0.3, -0.25) is 4.79 Å². The minimum absolute atomic E-state index is 0.0405. The van der Waals surface area contributed by atoms with Gasteiger partial charge in [0.1, 0.15) is 0 Å². The van der Waals surface area contributed by atoms with Crippen LogP contribution in [0.4, 0.5) is 0 Å². The summed E-state index contributed by atoms with van der Waals surface area (Å²) in [5.74, 6) is -1.00. The van der Waals surface area contributed by atoms with Crippen LogP contribution >= 0.6 is 11.6 Å². The Balaban J connectivity index is 2.45. The van der Waals surface area contributed by atoms with E-state index in [0.717, 1.165) is 11.1 Å². The summed E-state index contributed by atoms with van der Waals surface area (Å²) >= 11 is 6.17. The van der Waals surface area contributed by atoms with Crippen molar-refractivity contribution >= 4 is 17.6 Å². The van der Waals surface area contributed by atoms with Crippen LogP contribution in [0, 0.1) is 18.3 Å². The van der Waals surface area contributed by atoms with Gasteiger partial charge in [-0.15, -0.1) is 0 Å². The molecule has 0 aliphatic heterocycles. The zero-order chi connectivity index (χ0) is 12.1. The molecule has 1 aliphatic carbocycles. The Morgan fingerprint density at radius 1 is 1.44 bits per heavy atom. The van der Waals surface area contributed by atoms with Crippen molar-refractivity contribution in [3.63, 3.8) is 0 Å². The molecule has 2 rings (SSSR count). The first kappa shape index (κ1) is 11.5. The summed E-state index contributed by atoms with van der Waals surface area (Å²) < 4.78 is 0. The van der Waals surface area contributed by atoms with E-state index in [1.165, 1.54) is 0 Å². The minimum Gasteiger partial charge on any atom is -0.481 e. The number of aryl methyl sites for hydroxylation is 1. The zero-order valence-electron chi connectivity index (χ0n) is 9.62. The lowest BCUT2D eigenvalue weighted by Gasteiger charge is -2.09. The van der Waals surface area contributed by atoms with Crippen LogP contribution in [0.15, 0.2) is 18.2 Å². The lowest BCUT2D eigenvalue weighted by molar-refractivity contribution is -0.139. The molecule has 0 radical (unpaired) electrons. The first-order valence-electron chi connectivity index (χ1n) is 5.35. The normalized spacial score (nSPS) is 26.5. The molecule has 0 amide bonds. The van der Waals surface area contributed by atoms with E-state index < -0.39 is 5.97 Å². The summed E-state index contributed by atoms with van der Waals surface area (Å²) in [5, 5.41) is 9.84. The van der Waals surface area contributed by atoms with Crippen molar-refractivity contribution in [3.05, 3.63) is 34.3 Å². The summed E-state index contributed by atoms with van der Waals surface area (Å²) in [7, 11) is 0. The van der Waals surface area contributed by atoms with Crippen molar-refractivity contribution in [2.24, 2.45) is 11.3 Å². The van der Waals surface area contributed by atoms with Gasteiger partial charge in [0.15, 0.2) is 0 Å². The van der Waals surface area contributed by atoms with Crippen LogP contribution in [-0.2, 0) is 4.79 Å². The monoisotopic (exact) mass is 238 g/mol. The van der Waals surface area contributed by atoms with Gasteiger partial charge in [0.25, 0.3) is 0 Å². The number of aliphatic carboxylic acids is 1. The van der Waals surface area contributed by atoms with Crippen molar-refractivity contribution in [1.82, 2.24) is 0 Å². The molecule has 1 saturated carbocycles. The molecule has 0 aromatic heterocycles. The number of halogens is 1. The smallest absolute Gasteiger partial charge is 0.307 e. The number of rotatable bonds is 2. The maximum atomic E-state index is 11.1. The van der Waals surface area contributed by atoms with Crippen LogP contribution < -0.4 is 0 Å². The molecule has 0 heterocycles.